The lowest BCUT2D eigenvalue weighted by Gasteiger charge is -2.14. The molecule has 6 heteroatoms. The van der Waals surface area contributed by atoms with E-state index in [1.807, 2.05) is 6.92 Å². The van der Waals surface area contributed by atoms with E-state index < -0.39 is 10.0 Å². The number of nitrogens with one attached hydrogen (secondary N) is 2. The molecule has 1 aliphatic rings. The van der Waals surface area contributed by atoms with Crippen molar-refractivity contribution in [3.05, 3.63) is 18.3 Å². The van der Waals surface area contributed by atoms with Crippen LogP contribution in [0.3, 0.4) is 0 Å². The molecule has 0 bridgehead atoms. The molecular weight excluding hydrogens is 274 g/mol. The highest BCUT2D eigenvalue weighted by Gasteiger charge is 2.29. The van der Waals surface area contributed by atoms with Crippen molar-refractivity contribution < 1.29 is 8.42 Å². The molecule has 2 N–H and O–H groups in total. The third kappa shape index (κ3) is 3.93. The van der Waals surface area contributed by atoms with Crippen LogP contribution in [0.2, 0.25) is 0 Å². The van der Waals surface area contributed by atoms with Gasteiger partial charge in [-0.05, 0) is 43.2 Å². The van der Waals surface area contributed by atoms with E-state index in [1.54, 1.807) is 18.3 Å². The van der Waals surface area contributed by atoms with Crippen molar-refractivity contribution in [1.29, 1.82) is 0 Å². The summed E-state index contributed by atoms with van der Waals surface area (Å²) < 4.78 is 27.5. The summed E-state index contributed by atoms with van der Waals surface area (Å²) in [4.78, 5) is 4.36. The Hall–Kier alpha value is -1.14. The van der Waals surface area contributed by atoms with Crippen molar-refractivity contribution in [2.45, 2.75) is 38.0 Å². The number of pyridine rings is 1. The lowest BCUT2D eigenvalue weighted by molar-refractivity contribution is 0.492. The van der Waals surface area contributed by atoms with Crippen LogP contribution in [0.25, 0.3) is 0 Å². The predicted molar refractivity (Wildman–Crippen MR) is 80.1 cm³/mol. The topological polar surface area (TPSA) is 71.1 Å². The Bertz CT molecular complexity index is 541. The zero-order valence-corrected chi connectivity index (χ0v) is 12.9. The molecule has 0 aliphatic heterocycles. The molecule has 20 heavy (non-hydrogen) atoms. The van der Waals surface area contributed by atoms with Crippen LogP contribution in [0.1, 0.15) is 33.1 Å². The second-order valence-corrected chi connectivity index (χ2v) is 7.18. The van der Waals surface area contributed by atoms with E-state index in [0.29, 0.717) is 30.7 Å². The van der Waals surface area contributed by atoms with Crippen LogP contribution in [-0.2, 0) is 10.0 Å². The molecule has 0 radical (unpaired) electrons. The third-order valence-corrected chi connectivity index (χ3v) is 5.08. The number of hydrogen-bond donors (Lipinski definition) is 2. The molecule has 112 valence electrons. The molecule has 1 aromatic heterocycles. The van der Waals surface area contributed by atoms with Gasteiger partial charge in [-0.25, -0.2) is 18.1 Å². The van der Waals surface area contributed by atoms with E-state index in [9.17, 15) is 8.42 Å². The number of aromatic nitrogens is 1. The van der Waals surface area contributed by atoms with E-state index >= 15 is 0 Å². The van der Waals surface area contributed by atoms with Gasteiger partial charge in [0.15, 0.2) is 0 Å². The standard InChI is InChI=1S/C14H23N3O2S/c1-3-8-15-14-13(5-4-9-16-14)20(18,19)17-10-11(2)12-6-7-12/h4-5,9,11-12,17H,3,6-8,10H2,1-2H3,(H,15,16). The molecule has 1 saturated carbocycles. The average Bonchev–Trinajstić information content (AvgIpc) is 3.27. The first-order chi connectivity index (χ1) is 9.54. The van der Waals surface area contributed by atoms with Crippen LogP contribution in [0.15, 0.2) is 23.2 Å². The zero-order chi connectivity index (χ0) is 14.6. The van der Waals surface area contributed by atoms with Crippen LogP contribution in [-0.4, -0.2) is 26.5 Å². The summed E-state index contributed by atoms with van der Waals surface area (Å²) in [7, 11) is -3.50. The molecule has 0 amide bonds. The van der Waals surface area contributed by atoms with Crippen molar-refractivity contribution in [1.82, 2.24) is 9.71 Å². The van der Waals surface area contributed by atoms with Gasteiger partial charge in [0.25, 0.3) is 0 Å². The van der Waals surface area contributed by atoms with Gasteiger partial charge in [0.05, 0.1) is 0 Å². The minimum absolute atomic E-state index is 0.233. The van der Waals surface area contributed by atoms with Crippen molar-refractivity contribution in [3.63, 3.8) is 0 Å². The SMILES string of the molecule is CCCNc1ncccc1S(=O)(=O)NCC(C)C1CC1. The molecule has 5 nitrogen and oxygen atoms in total. The van der Waals surface area contributed by atoms with Crippen molar-refractivity contribution in [3.8, 4) is 0 Å². The Morgan fingerprint density at radius 2 is 2.20 bits per heavy atom. The number of sulfonamides is 1. The fourth-order valence-corrected chi connectivity index (χ4v) is 3.41. The highest BCUT2D eigenvalue weighted by atomic mass is 32.2. The van der Waals surface area contributed by atoms with Crippen LogP contribution < -0.4 is 10.0 Å². The lowest BCUT2D eigenvalue weighted by atomic mass is 10.1. The van der Waals surface area contributed by atoms with Gasteiger partial charge in [0.2, 0.25) is 10.0 Å². The minimum atomic E-state index is -3.50. The Morgan fingerprint density at radius 1 is 1.45 bits per heavy atom. The minimum Gasteiger partial charge on any atom is -0.369 e. The van der Waals surface area contributed by atoms with Gasteiger partial charge < -0.3 is 5.32 Å². The van der Waals surface area contributed by atoms with Crippen molar-refractivity contribution >= 4 is 15.8 Å². The van der Waals surface area contributed by atoms with Gasteiger partial charge in [-0.15, -0.1) is 0 Å². The van der Waals surface area contributed by atoms with E-state index in [4.69, 9.17) is 0 Å². The van der Waals surface area contributed by atoms with Crippen molar-refractivity contribution in [2.75, 3.05) is 18.4 Å². The summed E-state index contributed by atoms with van der Waals surface area (Å²) in [5.41, 5.74) is 0. The van der Waals surface area contributed by atoms with Gasteiger partial charge >= 0.3 is 0 Å². The average molecular weight is 297 g/mol. The first kappa shape index (κ1) is 15.3. The predicted octanol–water partition coefficient (Wildman–Crippen LogP) is 2.23. The molecule has 1 fully saturated rings. The first-order valence-electron chi connectivity index (χ1n) is 7.23. The smallest absolute Gasteiger partial charge is 0.244 e. The van der Waals surface area contributed by atoms with Gasteiger partial charge in [-0.3, -0.25) is 0 Å². The number of anilines is 1. The summed E-state index contributed by atoms with van der Waals surface area (Å²) in [5.74, 6) is 1.51. The molecule has 1 aliphatic carbocycles. The van der Waals surface area contributed by atoms with Gasteiger partial charge in [0.1, 0.15) is 10.7 Å². The fraction of sp³-hybridized carbons (Fsp3) is 0.643. The number of hydrogen-bond acceptors (Lipinski definition) is 4. The van der Waals surface area contributed by atoms with Gasteiger partial charge in [0, 0.05) is 19.3 Å². The number of nitrogens with zero attached hydrogens (tertiary/aromatic N) is 1. The molecule has 1 unspecified atom stereocenters. The second kappa shape index (κ2) is 6.54. The molecule has 1 aromatic rings. The summed E-state index contributed by atoms with van der Waals surface area (Å²) in [5, 5.41) is 3.06. The second-order valence-electron chi connectivity index (χ2n) is 5.44. The Labute approximate surface area is 121 Å². The molecule has 1 atom stereocenters. The maximum absolute atomic E-state index is 12.4. The lowest BCUT2D eigenvalue weighted by Crippen LogP contribution is -2.30. The Morgan fingerprint density at radius 3 is 2.85 bits per heavy atom. The summed E-state index contributed by atoms with van der Waals surface area (Å²) in [6.07, 6.45) is 4.96. The van der Waals surface area contributed by atoms with E-state index in [2.05, 4.69) is 21.9 Å². The third-order valence-electron chi connectivity index (χ3n) is 3.62. The quantitative estimate of drug-likeness (QED) is 0.772. The van der Waals surface area contributed by atoms with Gasteiger partial charge in [-0.2, -0.15) is 0 Å². The molecule has 0 aromatic carbocycles. The van der Waals surface area contributed by atoms with E-state index in [-0.39, 0.29) is 4.90 Å². The van der Waals surface area contributed by atoms with Crippen LogP contribution in [0.4, 0.5) is 5.82 Å². The summed E-state index contributed by atoms with van der Waals surface area (Å²) >= 11 is 0. The molecular formula is C14H23N3O2S. The summed E-state index contributed by atoms with van der Waals surface area (Å²) in [6, 6.07) is 3.24. The molecule has 2 rings (SSSR count). The highest BCUT2D eigenvalue weighted by molar-refractivity contribution is 7.89. The Kier molecular flexibility index (Phi) is 4.99. The molecule has 0 saturated heterocycles. The van der Waals surface area contributed by atoms with Crippen LogP contribution in [0.5, 0.6) is 0 Å². The first-order valence-corrected chi connectivity index (χ1v) is 8.71. The van der Waals surface area contributed by atoms with Gasteiger partial charge in [-0.1, -0.05) is 13.8 Å². The zero-order valence-electron chi connectivity index (χ0n) is 12.1. The normalized spacial score (nSPS) is 16.9. The fourth-order valence-electron chi connectivity index (χ4n) is 2.13. The maximum atomic E-state index is 12.4. The largest absolute Gasteiger partial charge is 0.369 e. The maximum Gasteiger partial charge on any atom is 0.244 e. The van der Waals surface area contributed by atoms with Crippen LogP contribution >= 0.6 is 0 Å². The van der Waals surface area contributed by atoms with E-state index in [1.165, 1.54) is 12.8 Å². The summed E-state index contributed by atoms with van der Waals surface area (Å²) in [6.45, 7) is 5.33. The molecule has 1 heterocycles. The monoisotopic (exact) mass is 297 g/mol. The van der Waals surface area contributed by atoms with Crippen LogP contribution in [0, 0.1) is 11.8 Å². The highest BCUT2D eigenvalue weighted by Crippen LogP contribution is 2.36. The van der Waals surface area contributed by atoms with E-state index in [0.717, 1.165) is 6.42 Å². The Balaban J connectivity index is 2.07. The number of rotatable bonds is 8. The van der Waals surface area contributed by atoms with Crippen molar-refractivity contribution in [2.24, 2.45) is 11.8 Å². The molecule has 0 spiro atoms.